The molecule has 0 radical (unpaired) electrons. The van der Waals surface area contributed by atoms with Crippen LogP contribution >= 0.6 is 11.8 Å². The van der Waals surface area contributed by atoms with Gasteiger partial charge < -0.3 is 5.32 Å². The highest BCUT2D eigenvalue weighted by Gasteiger charge is 2.20. The topological polar surface area (TPSA) is 64.0 Å². The van der Waals surface area contributed by atoms with Crippen molar-refractivity contribution in [3.05, 3.63) is 63.9 Å². The lowest BCUT2D eigenvalue weighted by molar-refractivity contribution is -0.120. The number of carbonyl (C=O) groups is 1. The highest BCUT2D eigenvalue weighted by molar-refractivity contribution is 8.00. The van der Waals surface area contributed by atoms with Crippen LogP contribution in [0.25, 0.3) is 16.6 Å². The lowest BCUT2D eigenvalue weighted by Crippen LogP contribution is -2.31. The molecule has 2 aromatic carbocycles. The molecule has 1 heterocycles. The highest BCUT2D eigenvalue weighted by atomic mass is 32.2. The van der Waals surface area contributed by atoms with Gasteiger partial charge in [-0.2, -0.15) is 0 Å². The molecule has 0 spiro atoms. The Bertz CT molecular complexity index is 1060. The summed E-state index contributed by atoms with van der Waals surface area (Å²) in [6, 6.07) is 13.3. The van der Waals surface area contributed by atoms with Crippen molar-refractivity contribution in [3.63, 3.8) is 0 Å². The minimum atomic E-state index is -0.366. The summed E-state index contributed by atoms with van der Waals surface area (Å²) in [5, 5.41) is 3.54. The third-order valence-corrected chi connectivity index (χ3v) is 5.39. The molecule has 1 N–H and O–H groups in total. The number of hydrogen-bond donors (Lipinski definition) is 1. The van der Waals surface area contributed by atoms with E-state index in [0.717, 1.165) is 16.8 Å². The van der Waals surface area contributed by atoms with Crippen molar-refractivity contribution in [1.29, 1.82) is 0 Å². The maximum absolute atomic E-state index is 13.3. The summed E-state index contributed by atoms with van der Waals surface area (Å²) in [5.74, 6) is -0.0721. The van der Waals surface area contributed by atoms with Gasteiger partial charge in [0, 0.05) is 6.54 Å². The number of thioether (sulfide) groups is 1. The smallest absolute Gasteiger partial charge is 0.266 e. The Hall–Kier alpha value is -2.60. The van der Waals surface area contributed by atoms with Gasteiger partial charge in [-0.25, -0.2) is 4.98 Å². The molecule has 0 aliphatic heterocycles. The van der Waals surface area contributed by atoms with Crippen molar-refractivity contribution in [3.8, 4) is 5.69 Å². The zero-order chi connectivity index (χ0) is 19.6. The van der Waals surface area contributed by atoms with E-state index in [1.54, 1.807) is 10.6 Å². The third kappa shape index (κ3) is 3.90. The monoisotopic (exact) mass is 381 g/mol. The second-order valence-electron chi connectivity index (χ2n) is 6.50. The number of hydrogen-bond acceptors (Lipinski definition) is 4. The predicted molar refractivity (Wildman–Crippen MR) is 111 cm³/mol. The van der Waals surface area contributed by atoms with Gasteiger partial charge in [0.2, 0.25) is 5.91 Å². The molecular weight excluding hydrogens is 358 g/mol. The van der Waals surface area contributed by atoms with Crippen LogP contribution in [-0.2, 0) is 4.79 Å². The van der Waals surface area contributed by atoms with Crippen LogP contribution in [0.5, 0.6) is 0 Å². The van der Waals surface area contributed by atoms with Crippen LogP contribution in [-0.4, -0.2) is 27.3 Å². The van der Waals surface area contributed by atoms with Crippen molar-refractivity contribution >= 4 is 28.6 Å². The maximum atomic E-state index is 13.3. The number of aryl methyl sites for hydroxylation is 2. The molecule has 6 heteroatoms. The van der Waals surface area contributed by atoms with Gasteiger partial charge in [-0.3, -0.25) is 14.2 Å². The fourth-order valence-corrected chi connectivity index (χ4v) is 3.93. The number of nitrogens with zero attached hydrogens (tertiary/aromatic N) is 2. The van der Waals surface area contributed by atoms with E-state index in [9.17, 15) is 9.59 Å². The zero-order valence-corrected chi connectivity index (χ0v) is 16.8. The molecular formula is C21H23N3O2S. The van der Waals surface area contributed by atoms with Crippen molar-refractivity contribution in [2.24, 2.45) is 0 Å². The fraction of sp³-hybridized carbons (Fsp3) is 0.286. The quantitative estimate of drug-likeness (QED) is 0.542. The number of fused-ring (bicyclic) bond motifs is 1. The summed E-state index contributed by atoms with van der Waals surface area (Å²) >= 11 is 1.29. The molecule has 3 rings (SSSR count). The first kappa shape index (κ1) is 19.2. The second kappa shape index (κ2) is 7.96. The van der Waals surface area contributed by atoms with Crippen LogP contribution in [0.15, 0.2) is 52.4 Å². The Labute approximate surface area is 162 Å². The normalized spacial score (nSPS) is 12.1. The molecule has 1 aromatic heterocycles. The van der Waals surface area contributed by atoms with Crippen molar-refractivity contribution < 1.29 is 4.79 Å². The maximum Gasteiger partial charge on any atom is 0.266 e. The number of rotatable bonds is 5. The van der Waals surface area contributed by atoms with Gasteiger partial charge in [0.25, 0.3) is 5.56 Å². The van der Waals surface area contributed by atoms with E-state index in [1.165, 1.54) is 11.8 Å². The molecule has 0 saturated heterocycles. The van der Waals surface area contributed by atoms with E-state index < -0.39 is 0 Å². The van der Waals surface area contributed by atoms with Crippen molar-refractivity contribution in [2.75, 3.05) is 6.54 Å². The fourth-order valence-electron chi connectivity index (χ4n) is 2.99. The number of benzene rings is 2. The molecule has 5 nitrogen and oxygen atoms in total. The van der Waals surface area contributed by atoms with Gasteiger partial charge in [-0.15, -0.1) is 0 Å². The summed E-state index contributed by atoms with van der Waals surface area (Å²) in [6.07, 6.45) is 0. The van der Waals surface area contributed by atoms with E-state index >= 15 is 0 Å². The summed E-state index contributed by atoms with van der Waals surface area (Å²) in [4.78, 5) is 30.2. The number of carbonyl (C=O) groups excluding carboxylic acids is 1. The molecule has 0 fully saturated rings. The lowest BCUT2D eigenvalue weighted by Gasteiger charge is -2.17. The average Bonchev–Trinajstić information content (AvgIpc) is 2.63. The summed E-state index contributed by atoms with van der Waals surface area (Å²) in [6.45, 7) is 8.27. The standard InChI is InChI=1S/C21H23N3O2S/c1-5-22-19(25)15(4)27-21-23-17-9-7-6-8-16(17)20(26)24(21)18-11-10-13(2)12-14(18)3/h6-12,15H,5H2,1-4H3,(H,22,25)/t15-/m0/s1. The van der Waals surface area contributed by atoms with Gasteiger partial charge >= 0.3 is 0 Å². The van der Waals surface area contributed by atoms with E-state index in [2.05, 4.69) is 5.32 Å². The van der Waals surface area contributed by atoms with Gasteiger partial charge in [0.15, 0.2) is 5.16 Å². The Morgan fingerprint density at radius 1 is 1.22 bits per heavy atom. The van der Waals surface area contributed by atoms with Crippen LogP contribution in [0.1, 0.15) is 25.0 Å². The van der Waals surface area contributed by atoms with E-state index in [-0.39, 0.29) is 16.7 Å². The number of para-hydroxylation sites is 1. The first-order valence-electron chi connectivity index (χ1n) is 8.96. The van der Waals surface area contributed by atoms with Crippen LogP contribution in [0, 0.1) is 13.8 Å². The van der Waals surface area contributed by atoms with Crippen molar-refractivity contribution in [1.82, 2.24) is 14.9 Å². The van der Waals surface area contributed by atoms with E-state index in [0.29, 0.717) is 22.6 Å². The largest absolute Gasteiger partial charge is 0.355 e. The molecule has 0 saturated carbocycles. The molecule has 0 aliphatic rings. The molecule has 0 bridgehead atoms. The zero-order valence-electron chi connectivity index (χ0n) is 15.9. The number of amides is 1. The second-order valence-corrected chi connectivity index (χ2v) is 7.80. The van der Waals surface area contributed by atoms with E-state index in [4.69, 9.17) is 4.98 Å². The molecule has 0 aliphatic carbocycles. The van der Waals surface area contributed by atoms with Crippen LogP contribution in [0.4, 0.5) is 0 Å². The number of aromatic nitrogens is 2. The predicted octanol–water partition coefficient (Wildman–Crippen LogP) is 3.62. The summed E-state index contributed by atoms with van der Waals surface area (Å²) < 4.78 is 1.62. The van der Waals surface area contributed by atoms with Crippen LogP contribution in [0.3, 0.4) is 0 Å². The minimum absolute atomic E-state index is 0.0721. The van der Waals surface area contributed by atoms with Crippen LogP contribution in [0.2, 0.25) is 0 Å². The van der Waals surface area contributed by atoms with Gasteiger partial charge in [0.05, 0.1) is 21.8 Å². The van der Waals surface area contributed by atoms with Crippen molar-refractivity contribution in [2.45, 2.75) is 38.1 Å². The molecule has 1 amide bonds. The summed E-state index contributed by atoms with van der Waals surface area (Å²) in [5.41, 5.74) is 3.41. The molecule has 0 unspecified atom stereocenters. The first-order valence-corrected chi connectivity index (χ1v) is 9.84. The van der Waals surface area contributed by atoms with Crippen LogP contribution < -0.4 is 10.9 Å². The lowest BCUT2D eigenvalue weighted by atomic mass is 10.1. The van der Waals surface area contributed by atoms with E-state index in [1.807, 2.05) is 64.1 Å². The molecule has 140 valence electrons. The Morgan fingerprint density at radius 3 is 2.67 bits per heavy atom. The molecule has 3 aromatic rings. The number of nitrogens with one attached hydrogen (secondary N) is 1. The average molecular weight is 382 g/mol. The summed E-state index contributed by atoms with van der Waals surface area (Å²) in [7, 11) is 0. The Kier molecular flexibility index (Phi) is 5.65. The highest BCUT2D eigenvalue weighted by Crippen LogP contribution is 2.26. The minimum Gasteiger partial charge on any atom is -0.355 e. The Morgan fingerprint density at radius 2 is 1.96 bits per heavy atom. The molecule has 27 heavy (non-hydrogen) atoms. The third-order valence-electron chi connectivity index (χ3n) is 4.34. The SMILES string of the molecule is CCNC(=O)[C@H](C)Sc1nc2ccccc2c(=O)n1-c1ccc(C)cc1C. The van der Waals surface area contributed by atoms with Gasteiger partial charge in [-0.1, -0.05) is 41.6 Å². The van der Waals surface area contributed by atoms with Gasteiger partial charge in [-0.05, 0) is 51.5 Å². The Balaban J connectivity index is 2.21. The van der Waals surface area contributed by atoms with Gasteiger partial charge in [0.1, 0.15) is 0 Å². The molecule has 1 atom stereocenters. The first-order chi connectivity index (χ1) is 12.9.